The largest absolute Gasteiger partial charge is 0.468 e. The van der Waals surface area contributed by atoms with E-state index in [2.05, 4.69) is 5.32 Å². The highest BCUT2D eigenvalue weighted by atomic mass is 32.2. The van der Waals surface area contributed by atoms with Crippen LogP contribution in [-0.2, 0) is 14.3 Å². The van der Waals surface area contributed by atoms with E-state index in [1.165, 1.54) is 11.8 Å². The number of esters is 1. The number of benzene rings is 4. The van der Waals surface area contributed by atoms with Gasteiger partial charge in [-0.25, -0.2) is 4.39 Å². The maximum Gasteiger partial charge on any atom is 0.407 e. The molecule has 0 fully saturated rings. The molecule has 0 aliphatic carbocycles. The van der Waals surface area contributed by atoms with E-state index in [-0.39, 0.29) is 11.3 Å². The average Bonchev–Trinajstić information content (AvgIpc) is 2.96. The minimum absolute atomic E-state index is 0.0564. The van der Waals surface area contributed by atoms with Crippen molar-refractivity contribution < 1.29 is 27.1 Å². The number of hydrogen-bond acceptors (Lipinski definition) is 4. The summed E-state index contributed by atoms with van der Waals surface area (Å²) in [6.45, 7) is 0. The molecule has 1 N–H and O–H groups in total. The maximum atomic E-state index is 14.2. The van der Waals surface area contributed by atoms with Gasteiger partial charge in [0.2, 0.25) is 0 Å². The van der Waals surface area contributed by atoms with Gasteiger partial charge in [-0.1, -0.05) is 103 Å². The number of carbonyl (C=O) groups is 1. The highest BCUT2D eigenvalue weighted by Crippen LogP contribution is 2.49. The summed E-state index contributed by atoms with van der Waals surface area (Å²) in [5.41, 5.74) is 2.51. The molecule has 0 saturated carbocycles. The summed E-state index contributed by atoms with van der Waals surface area (Å²) >= 11 is 1.34. The Morgan fingerprint density at radius 3 is 1.59 bits per heavy atom. The lowest BCUT2D eigenvalue weighted by Gasteiger charge is -2.37. The maximum absolute atomic E-state index is 14.2. The molecule has 2 unspecified atom stereocenters. The third-order valence-electron chi connectivity index (χ3n) is 6.39. The van der Waals surface area contributed by atoms with Crippen LogP contribution in [0.1, 0.15) is 28.3 Å². The predicted molar refractivity (Wildman–Crippen MR) is 146 cm³/mol. The Bertz CT molecular complexity index is 1240. The van der Waals surface area contributed by atoms with Gasteiger partial charge >= 0.3 is 12.1 Å². The first-order chi connectivity index (χ1) is 18.8. The first-order valence-corrected chi connectivity index (χ1v) is 13.2. The molecule has 4 aromatic rings. The number of rotatable bonds is 10. The lowest BCUT2D eigenvalue weighted by Crippen LogP contribution is -2.47. The Morgan fingerprint density at radius 1 is 0.769 bits per heavy atom. The second-order valence-electron chi connectivity index (χ2n) is 8.86. The van der Waals surface area contributed by atoms with Gasteiger partial charge in [-0.05, 0) is 34.4 Å². The molecule has 8 heteroatoms. The molecule has 0 aromatic heterocycles. The molecule has 0 radical (unpaired) electrons. The van der Waals surface area contributed by atoms with E-state index in [1.807, 2.05) is 91.0 Å². The van der Waals surface area contributed by atoms with Gasteiger partial charge in [0.1, 0.15) is 17.9 Å². The normalized spacial score (nSPS) is 13.5. The number of methoxy groups -OCH3 is 1. The van der Waals surface area contributed by atoms with Crippen LogP contribution in [0.5, 0.6) is 0 Å². The lowest BCUT2D eigenvalue weighted by atomic mass is 9.84. The Labute approximate surface area is 229 Å². The number of nitrogens with one attached hydrogen (secondary N) is 1. The number of hydrogen-bond donors (Lipinski definition) is 1. The minimum atomic E-state index is -4.75. The number of thioether (sulfide) groups is 1. The van der Waals surface area contributed by atoms with Crippen molar-refractivity contribution in [2.24, 2.45) is 0 Å². The molecule has 4 aromatic carbocycles. The Balaban J connectivity index is 1.77. The van der Waals surface area contributed by atoms with E-state index in [0.29, 0.717) is 0 Å². The topological polar surface area (TPSA) is 38.3 Å². The summed E-state index contributed by atoms with van der Waals surface area (Å²) in [4.78, 5) is 12.9. The van der Waals surface area contributed by atoms with Crippen LogP contribution in [0.25, 0.3) is 0 Å². The lowest BCUT2D eigenvalue weighted by molar-refractivity contribution is -0.163. The van der Waals surface area contributed by atoms with Crippen LogP contribution in [-0.4, -0.2) is 31.1 Å². The standard InChI is InChI=1S/C31H27F4NO2S/c1-38-29(37)27(36-28(31(33,34)35)22-17-19-26(32)20-18-22)21-39-30(23-11-5-2-6-12-23,24-13-7-3-8-14-24)25-15-9-4-10-16-25/h2-20,27-28,36H,21H2,1H3. The van der Waals surface area contributed by atoms with Crippen molar-refractivity contribution in [1.29, 1.82) is 0 Å². The second-order valence-corrected chi connectivity index (χ2v) is 10.1. The molecule has 0 bridgehead atoms. The van der Waals surface area contributed by atoms with Gasteiger partial charge < -0.3 is 4.74 Å². The number of halogens is 4. The Morgan fingerprint density at radius 2 is 1.21 bits per heavy atom. The summed E-state index contributed by atoms with van der Waals surface area (Å²) < 4.78 is 60.1. The Hall–Kier alpha value is -3.62. The van der Waals surface area contributed by atoms with Gasteiger partial charge in [0.15, 0.2) is 0 Å². The second kappa shape index (κ2) is 12.5. The van der Waals surface area contributed by atoms with Crippen LogP contribution >= 0.6 is 11.8 Å². The predicted octanol–water partition coefficient (Wildman–Crippen LogP) is 7.29. The van der Waals surface area contributed by atoms with Crippen molar-refractivity contribution in [3.63, 3.8) is 0 Å². The van der Waals surface area contributed by atoms with Crippen LogP contribution in [0.2, 0.25) is 0 Å². The van der Waals surface area contributed by atoms with Crippen molar-refractivity contribution >= 4 is 17.7 Å². The summed E-state index contributed by atoms with van der Waals surface area (Å²) in [6, 6.07) is 29.4. The van der Waals surface area contributed by atoms with Crippen LogP contribution in [0.15, 0.2) is 115 Å². The van der Waals surface area contributed by atoms with Crippen molar-refractivity contribution in [3.05, 3.63) is 143 Å². The molecular formula is C31H27F4NO2S. The van der Waals surface area contributed by atoms with Crippen LogP contribution in [0.3, 0.4) is 0 Å². The highest BCUT2D eigenvalue weighted by molar-refractivity contribution is 8.00. The number of alkyl halides is 3. The summed E-state index contributed by atoms with van der Waals surface area (Å²) in [5.74, 6) is -1.54. The molecule has 0 aliphatic heterocycles. The van der Waals surface area contributed by atoms with Crippen molar-refractivity contribution in [1.82, 2.24) is 5.32 Å². The van der Waals surface area contributed by atoms with Gasteiger partial charge in [-0.2, -0.15) is 13.2 Å². The monoisotopic (exact) mass is 553 g/mol. The van der Waals surface area contributed by atoms with Crippen molar-refractivity contribution in [2.75, 3.05) is 12.9 Å². The molecule has 0 amide bonds. The quantitative estimate of drug-likeness (QED) is 0.127. The van der Waals surface area contributed by atoms with Crippen molar-refractivity contribution in [3.8, 4) is 0 Å². The first kappa shape index (κ1) is 28.4. The fraction of sp³-hybridized carbons (Fsp3) is 0.194. The Kier molecular flexibility index (Phi) is 9.09. The van der Waals surface area contributed by atoms with E-state index in [1.54, 1.807) is 0 Å². The first-order valence-electron chi connectivity index (χ1n) is 12.2. The molecule has 4 rings (SSSR count). The van der Waals surface area contributed by atoms with Gasteiger partial charge in [0.25, 0.3) is 0 Å². The molecule has 0 heterocycles. The molecule has 0 saturated heterocycles. The fourth-order valence-corrected chi connectivity index (χ4v) is 6.10. The molecule has 39 heavy (non-hydrogen) atoms. The number of carbonyl (C=O) groups excluding carboxylic acids is 1. The van der Waals surface area contributed by atoms with Gasteiger partial charge in [-0.3, -0.25) is 10.1 Å². The molecule has 2 atom stereocenters. The van der Waals surface area contributed by atoms with Gasteiger partial charge in [-0.15, -0.1) is 11.8 Å². The van der Waals surface area contributed by atoms with Crippen molar-refractivity contribution in [2.45, 2.75) is 23.0 Å². The van der Waals surface area contributed by atoms with E-state index in [9.17, 15) is 22.4 Å². The van der Waals surface area contributed by atoms with E-state index in [0.717, 1.165) is 48.1 Å². The minimum Gasteiger partial charge on any atom is -0.468 e. The van der Waals surface area contributed by atoms with E-state index < -0.39 is 34.8 Å². The van der Waals surface area contributed by atoms with Crippen LogP contribution < -0.4 is 5.32 Å². The highest BCUT2D eigenvalue weighted by Gasteiger charge is 2.44. The third-order valence-corrected chi connectivity index (χ3v) is 8.03. The zero-order valence-corrected chi connectivity index (χ0v) is 21.9. The summed E-state index contributed by atoms with van der Waals surface area (Å²) in [6.07, 6.45) is -4.75. The fourth-order valence-electron chi connectivity index (χ4n) is 4.54. The molecular weight excluding hydrogens is 526 g/mol. The van der Waals surface area contributed by atoms with Gasteiger partial charge in [0.05, 0.1) is 11.9 Å². The average molecular weight is 554 g/mol. The molecule has 0 spiro atoms. The number of ether oxygens (including phenoxy) is 1. The van der Waals surface area contributed by atoms with E-state index >= 15 is 0 Å². The van der Waals surface area contributed by atoms with Crippen LogP contribution in [0, 0.1) is 5.82 Å². The summed E-state index contributed by atoms with van der Waals surface area (Å²) in [7, 11) is 1.14. The summed E-state index contributed by atoms with van der Waals surface area (Å²) in [5, 5.41) is 2.46. The zero-order valence-electron chi connectivity index (χ0n) is 21.1. The smallest absolute Gasteiger partial charge is 0.407 e. The third kappa shape index (κ3) is 6.52. The van der Waals surface area contributed by atoms with Crippen LogP contribution in [0.4, 0.5) is 17.6 Å². The molecule has 0 aliphatic rings. The molecule has 202 valence electrons. The van der Waals surface area contributed by atoms with E-state index in [4.69, 9.17) is 4.74 Å². The SMILES string of the molecule is COC(=O)C(CSC(c1ccccc1)(c1ccccc1)c1ccccc1)NC(c1ccc(F)cc1)C(F)(F)F. The zero-order chi connectivity index (χ0) is 27.9. The van der Waals surface area contributed by atoms with Gasteiger partial charge in [0, 0.05) is 5.75 Å². The molecule has 3 nitrogen and oxygen atoms in total.